The Morgan fingerprint density at radius 2 is 0.519 bits per heavy atom. The van der Waals surface area contributed by atoms with Gasteiger partial charge in [-0.1, -0.05) is 247 Å². The molecule has 0 spiro atoms. The molecule has 0 aliphatic rings. The van der Waals surface area contributed by atoms with Crippen LogP contribution in [0.3, 0.4) is 0 Å². The number of esters is 2. The molecule has 0 fully saturated rings. The van der Waals surface area contributed by atoms with Crippen molar-refractivity contribution in [3.63, 3.8) is 0 Å². The summed E-state index contributed by atoms with van der Waals surface area (Å²) in [5.74, 6) is -0.170. The third kappa shape index (κ3) is 68.6. The van der Waals surface area contributed by atoms with E-state index in [0.29, 0.717) is 12.8 Å². The monoisotopic (exact) mass is 769 g/mol. The topological polar surface area (TPSA) is 69.7 Å². The second kappa shape index (κ2) is 60.8. The van der Waals surface area contributed by atoms with Crippen molar-refractivity contribution < 1.29 is 23.9 Å². The number of carbonyl (C=O) groups is 3. The van der Waals surface area contributed by atoms with Crippen LogP contribution in [0.15, 0.2) is 0 Å². The number of hydrogen-bond acceptors (Lipinski definition) is 5. The summed E-state index contributed by atoms with van der Waals surface area (Å²) in [6.45, 7) is 11.1. The molecule has 0 bridgehead atoms. The minimum atomic E-state index is -0.105. The van der Waals surface area contributed by atoms with Crippen LogP contribution in [0.25, 0.3) is 0 Å². The molecule has 326 valence electrons. The SMILES string of the molecule is CCCCC(=O)OC.CCCCCC.CCCCCCCCCCCCCCCCCC(=O)OC.CCCCCCCCCCCCCCCCCC=O. The van der Waals surface area contributed by atoms with Crippen LogP contribution in [0.4, 0.5) is 0 Å². The van der Waals surface area contributed by atoms with Gasteiger partial charge in [-0.3, -0.25) is 9.59 Å². The Balaban J connectivity index is -0.000000344. The fraction of sp³-hybridized carbons (Fsp3) is 0.939. The van der Waals surface area contributed by atoms with E-state index < -0.39 is 0 Å². The lowest BCUT2D eigenvalue weighted by Gasteiger charge is -2.03. The minimum Gasteiger partial charge on any atom is -0.469 e. The largest absolute Gasteiger partial charge is 0.469 e. The molecule has 0 N–H and O–H groups in total. The number of aldehydes is 1. The van der Waals surface area contributed by atoms with Gasteiger partial charge in [-0.15, -0.1) is 0 Å². The Bertz CT molecular complexity index is 660. The van der Waals surface area contributed by atoms with Crippen LogP contribution in [0.5, 0.6) is 0 Å². The molecule has 0 heterocycles. The lowest BCUT2D eigenvalue weighted by molar-refractivity contribution is -0.141. The first kappa shape index (κ1) is 59.3. The fourth-order valence-electron chi connectivity index (χ4n) is 6.26. The van der Waals surface area contributed by atoms with Gasteiger partial charge in [0.15, 0.2) is 0 Å². The molecule has 0 aromatic heterocycles. The maximum atomic E-state index is 10.9. The lowest BCUT2D eigenvalue weighted by Crippen LogP contribution is -1.99. The summed E-state index contributed by atoms with van der Waals surface area (Å²) in [5.41, 5.74) is 0. The molecule has 0 aliphatic heterocycles. The fourth-order valence-corrected chi connectivity index (χ4v) is 6.26. The highest BCUT2D eigenvalue weighted by Crippen LogP contribution is 2.15. The smallest absolute Gasteiger partial charge is 0.305 e. The van der Waals surface area contributed by atoms with Crippen LogP contribution in [0.2, 0.25) is 0 Å². The van der Waals surface area contributed by atoms with Gasteiger partial charge in [0.2, 0.25) is 0 Å². The second-order valence-electron chi connectivity index (χ2n) is 15.6. The molecule has 0 unspecified atom stereocenters. The Morgan fingerprint density at radius 1 is 0.315 bits per heavy atom. The summed E-state index contributed by atoms with van der Waals surface area (Å²) >= 11 is 0. The van der Waals surface area contributed by atoms with Gasteiger partial charge in [0.1, 0.15) is 6.29 Å². The lowest BCUT2D eigenvalue weighted by atomic mass is 10.0. The molecule has 0 atom stereocenters. The average Bonchev–Trinajstić information content (AvgIpc) is 3.19. The van der Waals surface area contributed by atoms with E-state index in [2.05, 4.69) is 37.2 Å². The van der Waals surface area contributed by atoms with Crippen LogP contribution in [0.1, 0.15) is 285 Å². The van der Waals surface area contributed by atoms with E-state index in [1.807, 2.05) is 6.92 Å². The Kier molecular flexibility index (Phi) is 66.8. The van der Waals surface area contributed by atoms with Gasteiger partial charge in [0.25, 0.3) is 0 Å². The molecule has 0 aromatic rings. The second-order valence-corrected chi connectivity index (χ2v) is 15.6. The van der Waals surface area contributed by atoms with E-state index in [0.717, 1.165) is 38.4 Å². The van der Waals surface area contributed by atoms with Crippen molar-refractivity contribution in [2.75, 3.05) is 14.2 Å². The van der Waals surface area contributed by atoms with Gasteiger partial charge in [0.05, 0.1) is 14.2 Å². The highest BCUT2D eigenvalue weighted by atomic mass is 16.5. The molecule has 0 saturated heterocycles. The number of rotatable bonds is 38. The van der Waals surface area contributed by atoms with Crippen LogP contribution in [-0.2, 0) is 23.9 Å². The van der Waals surface area contributed by atoms with Gasteiger partial charge in [-0.25, -0.2) is 0 Å². The van der Waals surface area contributed by atoms with Crippen LogP contribution < -0.4 is 0 Å². The van der Waals surface area contributed by atoms with Crippen LogP contribution in [0, 0.1) is 0 Å². The van der Waals surface area contributed by atoms with E-state index in [1.165, 1.54) is 220 Å². The summed E-state index contributed by atoms with van der Waals surface area (Å²) in [5, 5.41) is 0. The van der Waals surface area contributed by atoms with E-state index in [-0.39, 0.29) is 11.9 Å². The Morgan fingerprint density at radius 3 is 0.759 bits per heavy atom. The molecule has 0 aliphatic carbocycles. The summed E-state index contributed by atoms with van der Waals surface area (Å²) < 4.78 is 9.04. The predicted octanol–water partition coefficient (Wildman–Crippen LogP) is 16.8. The van der Waals surface area contributed by atoms with Crippen molar-refractivity contribution in [1.29, 1.82) is 0 Å². The summed E-state index contributed by atoms with van der Waals surface area (Å²) in [7, 11) is 2.88. The Hall–Kier alpha value is -1.39. The molecule has 0 amide bonds. The first-order chi connectivity index (χ1) is 26.4. The van der Waals surface area contributed by atoms with Crippen molar-refractivity contribution in [3.8, 4) is 0 Å². The van der Waals surface area contributed by atoms with Gasteiger partial charge in [0, 0.05) is 19.3 Å². The van der Waals surface area contributed by atoms with Gasteiger partial charge in [-0.05, 0) is 19.3 Å². The van der Waals surface area contributed by atoms with Crippen molar-refractivity contribution in [3.05, 3.63) is 0 Å². The van der Waals surface area contributed by atoms with Crippen molar-refractivity contribution in [1.82, 2.24) is 0 Å². The van der Waals surface area contributed by atoms with E-state index in [9.17, 15) is 14.4 Å². The van der Waals surface area contributed by atoms with Crippen molar-refractivity contribution in [2.45, 2.75) is 285 Å². The van der Waals surface area contributed by atoms with Crippen molar-refractivity contribution in [2.24, 2.45) is 0 Å². The molecule has 0 radical (unpaired) electrons. The van der Waals surface area contributed by atoms with Crippen LogP contribution >= 0.6 is 0 Å². The number of carbonyl (C=O) groups excluding carboxylic acids is 3. The third-order valence-electron chi connectivity index (χ3n) is 10.1. The third-order valence-corrected chi connectivity index (χ3v) is 10.1. The number of ether oxygens (including phenoxy) is 2. The first-order valence-electron chi connectivity index (χ1n) is 24.0. The highest BCUT2D eigenvalue weighted by Gasteiger charge is 2.00. The number of hydrogen-bond donors (Lipinski definition) is 0. The first-order valence-corrected chi connectivity index (χ1v) is 24.0. The maximum absolute atomic E-state index is 10.9. The average molecular weight is 769 g/mol. The molecule has 0 aromatic carbocycles. The molecule has 5 heteroatoms. The zero-order chi connectivity index (χ0) is 40.9. The molecule has 0 rings (SSSR count). The predicted molar refractivity (Wildman–Crippen MR) is 239 cm³/mol. The molecule has 5 nitrogen and oxygen atoms in total. The van der Waals surface area contributed by atoms with E-state index in [4.69, 9.17) is 0 Å². The van der Waals surface area contributed by atoms with E-state index in [1.54, 1.807) is 0 Å². The molecule has 0 saturated carbocycles. The summed E-state index contributed by atoms with van der Waals surface area (Å²) in [4.78, 5) is 31.4. The van der Waals surface area contributed by atoms with Crippen molar-refractivity contribution >= 4 is 18.2 Å². The number of methoxy groups -OCH3 is 2. The van der Waals surface area contributed by atoms with Gasteiger partial charge >= 0.3 is 11.9 Å². The molecular weight excluding hydrogens is 669 g/mol. The number of unbranched alkanes of at least 4 members (excludes halogenated alkanes) is 33. The van der Waals surface area contributed by atoms with Gasteiger partial charge in [-0.2, -0.15) is 0 Å². The summed E-state index contributed by atoms with van der Waals surface area (Å²) in [6.07, 6.45) is 51.6. The highest BCUT2D eigenvalue weighted by molar-refractivity contribution is 5.69. The maximum Gasteiger partial charge on any atom is 0.305 e. The Labute approximate surface area is 340 Å². The van der Waals surface area contributed by atoms with E-state index >= 15 is 0 Å². The quantitative estimate of drug-likeness (QED) is 0.0355. The normalized spacial score (nSPS) is 10.3. The standard InChI is InChI=1S/C19H38O2.C18H36O.C6H12O2.C6H14/c1-3-4-5-6-7-8-9-10-11-12-13-14-15-16-17-18-19(20)21-2;1-2-3-4-5-6-7-8-9-10-11-12-13-14-15-16-17-18-19;1-3-4-5-6(7)8-2;1-3-5-6-4-2/h3-18H2,1-2H3;18H,2-17H2,1H3;3-5H2,1-2H3;3-6H2,1-2H3. The zero-order valence-corrected chi connectivity index (χ0v) is 38.2. The molecule has 54 heavy (non-hydrogen) atoms. The summed E-state index contributed by atoms with van der Waals surface area (Å²) in [6, 6.07) is 0. The zero-order valence-electron chi connectivity index (χ0n) is 38.2. The molecular formula is C49H100O5. The van der Waals surface area contributed by atoms with Gasteiger partial charge < -0.3 is 14.3 Å². The van der Waals surface area contributed by atoms with Crippen LogP contribution in [-0.4, -0.2) is 32.4 Å². The minimum absolute atomic E-state index is 0.0651.